The average molecular weight is 1390 g/mol. The molecule has 0 radical (unpaired) electrons. The van der Waals surface area contributed by atoms with E-state index in [0.29, 0.717) is 69.1 Å². The molecule has 0 saturated carbocycles. The van der Waals surface area contributed by atoms with Gasteiger partial charge in [-0.25, -0.2) is 9.59 Å². The van der Waals surface area contributed by atoms with Crippen LogP contribution in [-0.2, 0) is 57.0 Å². The van der Waals surface area contributed by atoms with Crippen molar-refractivity contribution >= 4 is 11.9 Å². The first-order valence-corrected chi connectivity index (χ1v) is 37.0. The third-order valence-electron chi connectivity index (χ3n) is 22.3. The van der Waals surface area contributed by atoms with E-state index >= 15 is 0 Å². The second-order valence-corrected chi connectivity index (χ2v) is 30.4. The highest BCUT2D eigenvalue weighted by Gasteiger charge is 2.42. The van der Waals surface area contributed by atoms with Gasteiger partial charge in [-0.2, -0.15) is 0 Å². The molecule has 2 fully saturated rings. The van der Waals surface area contributed by atoms with Crippen LogP contribution in [0.4, 0.5) is 0 Å². The van der Waals surface area contributed by atoms with Crippen molar-refractivity contribution in [2.24, 2.45) is 53.3 Å². The highest BCUT2D eigenvalue weighted by Crippen LogP contribution is 2.37. The van der Waals surface area contributed by atoms with Gasteiger partial charge in [0.1, 0.15) is 12.2 Å². The molecule has 20 heteroatoms. The first kappa shape index (κ1) is 85.4. The van der Waals surface area contributed by atoms with Gasteiger partial charge in [-0.15, -0.1) is 0 Å². The number of carbonyl (C=O) groups is 2. The maximum atomic E-state index is 13.9. The van der Waals surface area contributed by atoms with Crippen molar-refractivity contribution in [3.63, 3.8) is 0 Å². The van der Waals surface area contributed by atoms with Crippen LogP contribution in [0.25, 0.3) is 0 Å². The molecule has 6 aliphatic rings. The van der Waals surface area contributed by atoms with Crippen molar-refractivity contribution in [1.29, 1.82) is 0 Å². The van der Waals surface area contributed by atoms with Gasteiger partial charge in [0.05, 0.1) is 123 Å². The first-order chi connectivity index (χ1) is 46.4. The van der Waals surface area contributed by atoms with Gasteiger partial charge in [0.2, 0.25) is 0 Å². The van der Waals surface area contributed by atoms with Gasteiger partial charge in [-0.3, -0.25) is 0 Å². The summed E-state index contributed by atoms with van der Waals surface area (Å²) in [7, 11) is 6.60. The number of esters is 2. The van der Waals surface area contributed by atoms with E-state index in [4.69, 9.17) is 47.4 Å². The lowest BCUT2D eigenvalue weighted by Gasteiger charge is -2.38. The molecule has 0 aromatic rings. The molecule has 564 valence electrons. The van der Waals surface area contributed by atoms with Crippen molar-refractivity contribution in [3.8, 4) is 0 Å². The van der Waals surface area contributed by atoms with Crippen LogP contribution in [0.2, 0.25) is 0 Å². The van der Waals surface area contributed by atoms with Gasteiger partial charge >= 0.3 is 11.9 Å². The lowest BCUT2D eigenvalue weighted by Crippen LogP contribution is -2.45. The number of fused-ring (bicyclic) bond motifs is 29. The summed E-state index contributed by atoms with van der Waals surface area (Å²) in [6.07, 6.45) is 14.3. The van der Waals surface area contributed by atoms with Crippen LogP contribution in [0.5, 0.6) is 0 Å². The molecule has 1 unspecified atom stereocenters. The maximum Gasteiger partial charge on any atom is 0.331 e. The standard InChI is InChI=1S/C78H132O20/c1-45-20-27-58(79)37-60-31-26-57(44-93-60)36-71(91-15)51(7)67(81)42-69(83)53(9)77(55(11)75(87)47(3)24-29-63-39-65(89-13)34-49(5)94-63)97-74(86)33-23-46(2)21-28-59(80)38-61-18-17-19-62(96-61)41-72(92-16)52(8)68(82)43-70(84)54(10)78(98-73(85)32-22-45)56(12)76(88)48(4)25-30-64-40-66(90-14)35-50(6)95-64/h17-18,20-23,26,31-33,47-72,75-84,87-88H,19,24-25,27-30,34-44H2,1-16H3/t47-,48-,49-,50-,51-,52-,53-,54-,55-,56-,57-,58-,59-,60?,61-,62-,63-,64-,65+,66+,67-,68-,69+,70+,71-,72-,75-,76-,77-,78-/m0/s1. The smallest absolute Gasteiger partial charge is 0.331 e. The molecule has 0 amide bonds. The number of methoxy groups -OCH3 is 4. The number of hydrogen-bond donors (Lipinski definition) is 8. The molecule has 30 atom stereocenters. The van der Waals surface area contributed by atoms with Crippen molar-refractivity contribution in [2.75, 3.05) is 35.0 Å². The number of aliphatic hydroxyl groups is 8. The van der Waals surface area contributed by atoms with Gasteiger partial charge in [-0.05, 0) is 129 Å². The predicted octanol–water partition coefficient (Wildman–Crippen LogP) is 9.97. The highest BCUT2D eigenvalue weighted by molar-refractivity contribution is 5.83. The minimum atomic E-state index is -1.16. The van der Waals surface area contributed by atoms with Crippen LogP contribution >= 0.6 is 0 Å². The fraction of sp³-hybridized carbons (Fsp3) is 0.821. The summed E-state index contributed by atoms with van der Waals surface area (Å²) >= 11 is 0. The third-order valence-corrected chi connectivity index (χ3v) is 22.3. The Morgan fingerprint density at radius 2 is 0.908 bits per heavy atom. The number of allylic oxidation sites excluding steroid dienone is 4. The lowest BCUT2D eigenvalue weighted by atomic mass is 9.78. The molecule has 8 N–H and O–H groups in total. The molecular weight excluding hydrogens is 1260 g/mol. The molecule has 6 aliphatic heterocycles. The largest absolute Gasteiger partial charge is 0.458 e. The monoisotopic (exact) mass is 1390 g/mol. The summed E-state index contributed by atoms with van der Waals surface area (Å²) in [5.74, 6) is -5.49. The topological polar surface area (TPSA) is 288 Å². The molecular formula is C78H132O20. The lowest BCUT2D eigenvalue weighted by molar-refractivity contribution is -0.158. The zero-order valence-corrected chi connectivity index (χ0v) is 62.3. The number of rotatable bonds is 16. The van der Waals surface area contributed by atoms with Gasteiger partial charge in [0, 0.05) is 101 Å². The van der Waals surface area contributed by atoms with E-state index in [2.05, 4.69) is 6.08 Å². The number of hydrogen-bond acceptors (Lipinski definition) is 20. The minimum absolute atomic E-state index is 0.0264. The van der Waals surface area contributed by atoms with Gasteiger partial charge in [-0.1, -0.05) is 115 Å². The van der Waals surface area contributed by atoms with Crippen LogP contribution in [0.3, 0.4) is 0 Å². The highest BCUT2D eigenvalue weighted by atomic mass is 16.6. The second-order valence-electron chi connectivity index (χ2n) is 30.4. The summed E-state index contributed by atoms with van der Waals surface area (Å²) in [6.45, 7) is 22.9. The summed E-state index contributed by atoms with van der Waals surface area (Å²) in [4.78, 5) is 27.8. The number of carbonyl (C=O) groups excluding carboxylic acids is 2. The van der Waals surface area contributed by atoms with Crippen LogP contribution in [0, 0.1) is 53.3 Å². The van der Waals surface area contributed by atoms with E-state index in [0.717, 1.165) is 25.7 Å². The molecule has 2 saturated heterocycles. The van der Waals surface area contributed by atoms with E-state index < -0.39 is 127 Å². The van der Waals surface area contributed by atoms with Gasteiger partial charge < -0.3 is 88.2 Å². The van der Waals surface area contributed by atoms with Gasteiger partial charge in [0.15, 0.2) is 0 Å². The second kappa shape index (κ2) is 43.1. The third kappa shape index (κ3) is 28.1. The number of aliphatic hydroxyl groups excluding tert-OH is 8. The summed E-state index contributed by atoms with van der Waals surface area (Å²) in [5, 5.41) is 94.2. The van der Waals surface area contributed by atoms with Crippen LogP contribution in [0.1, 0.15) is 192 Å². The minimum Gasteiger partial charge on any atom is -0.458 e. The van der Waals surface area contributed by atoms with Crippen LogP contribution in [0.15, 0.2) is 71.9 Å². The molecule has 6 heterocycles. The Balaban J connectivity index is 1.35. The zero-order chi connectivity index (χ0) is 72.5. The Labute approximate surface area is 587 Å². The van der Waals surface area contributed by atoms with Gasteiger partial charge in [0.25, 0.3) is 0 Å². The molecule has 20 nitrogen and oxygen atoms in total. The molecule has 4 bridgehead atoms. The maximum absolute atomic E-state index is 13.9. The Morgan fingerprint density at radius 3 is 1.33 bits per heavy atom. The fourth-order valence-electron chi connectivity index (χ4n) is 15.3. The van der Waals surface area contributed by atoms with E-state index in [1.54, 1.807) is 54.4 Å². The molecule has 0 aromatic heterocycles. The van der Waals surface area contributed by atoms with Crippen LogP contribution in [-0.4, -0.2) is 216 Å². The first-order valence-electron chi connectivity index (χ1n) is 37.0. The fourth-order valence-corrected chi connectivity index (χ4v) is 15.3. The van der Waals surface area contributed by atoms with E-state index in [-0.39, 0.29) is 98.7 Å². The average Bonchev–Trinajstić information content (AvgIpc) is 0.840. The molecule has 0 spiro atoms. The molecule has 0 aliphatic carbocycles. The summed E-state index contributed by atoms with van der Waals surface area (Å²) in [6, 6.07) is 0. The summed E-state index contributed by atoms with van der Waals surface area (Å²) < 4.78 is 61.0. The summed E-state index contributed by atoms with van der Waals surface area (Å²) in [5.41, 5.74) is 1.40. The van der Waals surface area contributed by atoms with Crippen molar-refractivity contribution < 1.29 is 97.8 Å². The Hall–Kier alpha value is -3.26. The normalized spacial score (nSPS) is 39.3. The van der Waals surface area contributed by atoms with Crippen molar-refractivity contribution in [3.05, 3.63) is 71.9 Å². The Morgan fingerprint density at radius 1 is 0.480 bits per heavy atom. The molecule has 98 heavy (non-hydrogen) atoms. The van der Waals surface area contributed by atoms with E-state index in [9.17, 15) is 50.4 Å². The van der Waals surface area contributed by atoms with Crippen molar-refractivity contribution in [2.45, 2.75) is 320 Å². The molecule has 6 rings (SSSR count). The zero-order valence-electron chi connectivity index (χ0n) is 62.3. The van der Waals surface area contributed by atoms with E-state index in [1.807, 2.05) is 99.6 Å². The predicted molar refractivity (Wildman–Crippen MR) is 377 cm³/mol. The SMILES string of the molecule is CO[C@H]1C[C@H](CC[C@H](C)[C@H](O)[C@H](C)[C@H]2OC(=O)C=CC(C)=CC[C@H](O)C[C@@H]3C=CC[C@@H](C[C@H](OC)[C@@H](C)[C@@H](O)C[C@@H](O)[C@H](C)[C@@H]([C@@H](C)[C@@H](O)[C@@H](C)CC[C@H]4C[C@H](OC)C[C@H](C)O4)OC(=O)C=CC(C)=CC[C@H](O)CC4C=C[C@H](CO4)C[C@H](OC)[C@@H](C)[C@@H](O)C[C@@H](O)[C@@H]2C)O3)O[C@@H](C)C1. The van der Waals surface area contributed by atoms with Crippen molar-refractivity contribution in [1.82, 2.24) is 0 Å². The molecule has 0 aromatic carbocycles. The Kier molecular flexibility index (Phi) is 37.6. The quantitative estimate of drug-likeness (QED) is 0.0527. The number of ether oxygens (including phenoxy) is 10. The Bertz CT molecular complexity index is 2480. The van der Waals surface area contributed by atoms with E-state index in [1.165, 1.54) is 12.2 Å². The van der Waals surface area contributed by atoms with Crippen LogP contribution < -0.4 is 0 Å².